The topological polar surface area (TPSA) is 50.8 Å². The van der Waals surface area contributed by atoms with Crippen molar-refractivity contribution in [1.82, 2.24) is 4.90 Å². The summed E-state index contributed by atoms with van der Waals surface area (Å²) in [5.41, 5.74) is 0.876. The van der Waals surface area contributed by atoms with E-state index in [9.17, 15) is 13.6 Å². The molecule has 5 nitrogen and oxygen atoms in total. The van der Waals surface area contributed by atoms with E-state index in [1.54, 1.807) is 25.3 Å². The zero-order chi connectivity index (χ0) is 19.4. The zero-order valence-corrected chi connectivity index (χ0v) is 15.3. The Hall–Kier alpha value is -2.67. The third-order valence-corrected chi connectivity index (χ3v) is 4.48. The molecule has 0 spiro atoms. The number of anilines is 1. The van der Waals surface area contributed by atoms with Crippen molar-refractivity contribution in [3.05, 3.63) is 53.6 Å². The monoisotopic (exact) mass is 376 g/mol. The highest BCUT2D eigenvalue weighted by Gasteiger charge is 2.31. The Kier molecular flexibility index (Phi) is 5.91. The molecule has 0 bridgehead atoms. The average Bonchev–Trinajstić information content (AvgIpc) is 3.48. The standard InChI is InChI=1S/C20H22F2N2O3/c1-26-16-7-8-19(27-2)18(10-16)23-20(25)12-24(15-5-6-15)11-13-3-4-14(21)9-17(13)22/h3-4,7-10,15H,5-6,11-12H2,1-2H3,(H,23,25). The quantitative estimate of drug-likeness (QED) is 0.765. The first-order valence-corrected chi connectivity index (χ1v) is 8.70. The number of nitrogens with zero attached hydrogens (tertiary/aromatic N) is 1. The smallest absolute Gasteiger partial charge is 0.238 e. The Bertz CT molecular complexity index is 825. The van der Waals surface area contributed by atoms with Crippen molar-refractivity contribution in [2.24, 2.45) is 0 Å². The van der Waals surface area contributed by atoms with Gasteiger partial charge in [0.05, 0.1) is 26.5 Å². The summed E-state index contributed by atoms with van der Waals surface area (Å²) in [6, 6.07) is 8.86. The minimum absolute atomic E-state index is 0.0991. The number of ether oxygens (including phenoxy) is 2. The molecule has 1 amide bonds. The summed E-state index contributed by atoms with van der Waals surface area (Å²) in [5.74, 6) is -0.339. The van der Waals surface area contributed by atoms with E-state index in [4.69, 9.17) is 9.47 Å². The fourth-order valence-corrected chi connectivity index (χ4v) is 2.91. The van der Waals surface area contributed by atoms with Gasteiger partial charge in [-0.2, -0.15) is 0 Å². The Balaban J connectivity index is 1.69. The molecule has 0 heterocycles. The molecule has 144 valence electrons. The molecule has 1 aliphatic rings. The Morgan fingerprint density at radius 3 is 2.56 bits per heavy atom. The number of nitrogens with one attached hydrogen (secondary N) is 1. The molecule has 1 saturated carbocycles. The predicted molar refractivity (Wildman–Crippen MR) is 98.0 cm³/mol. The maximum Gasteiger partial charge on any atom is 0.238 e. The van der Waals surface area contributed by atoms with Crippen molar-refractivity contribution in [1.29, 1.82) is 0 Å². The van der Waals surface area contributed by atoms with Crippen LogP contribution in [0.25, 0.3) is 0 Å². The Morgan fingerprint density at radius 2 is 1.93 bits per heavy atom. The fraction of sp³-hybridized carbons (Fsp3) is 0.350. The molecule has 0 unspecified atom stereocenters. The van der Waals surface area contributed by atoms with Gasteiger partial charge in [0.1, 0.15) is 23.1 Å². The van der Waals surface area contributed by atoms with Gasteiger partial charge in [-0.05, 0) is 31.0 Å². The summed E-state index contributed by atoms with van der Waals surface area (Å²) >= 11 is 0. The van der Waals surface area contributed by atoms with Crippen LogP contribution < -0.4 is 14.8 Å². The van der Waals surface area contributed by atoms with Crippen molar-refractivity contribution in [2.45, 2.75) is 25.4 Å². The third kappa shape index (κ3) is 4.95. The highest BCUT2D eigenvalue weighted by molar-refractivity contribution is 5.94. The molecular weight excluding hydrogens is 354 g/mol. The first-order valence-electron chi connectivity index (χ1n) is 8.70. The molecule has 0 aliphatic heterocycles. The number of halogens is 2. The van der Waals surface area contributed by atoms with E-state index in [1.165, 1.54) is 19.2 Å². The number of amides is 1. The minimum atomic E-state index is -0.614. The van der Waals surface area contributed by atoms with Gasteiger partial charge < -0.3 is 14.8 Å². The second-order valence-corrected chi connectivity index (χ2v) is 6.49. The summed E-state index contributed by atoms with van der Waals surface area (Å²) in [6.07, 6.45) is 1.91. The molecule has 1 aliphatic carbocycles. The predicted octanol–water partition coefficient (Wildman–Crippen LogP) is 3.59. The number of benzene rings is 2. The lowest BCUT2D eigenvalue weighted by Crippen LogP contribution is -2.34. The second-order valence-electron chi connectivity index (χ2n) is 6.49. The number of hydrogen-bond donors (Lipinski definition) is 1. The van der Waals surface area contributed by atoms with E-state index >= 15 is 0 Å². The van der Waals surface area contributed by atoms with Crippen molar-refractivity contribution in [3.8, 4) is 11.5 Å². The molecule has 7 heteroatoms. The van der Waals surface area contributed by atoms with E-state index in [0.29, 0.717) is 22.7 Å². The number of carbonyl (C=O) groups excluding carboxylic acids is 1. The highest BCUT2D eigenvalue weighted by atomic mass is 19.1. The van der Waals surface area contributed by atoms with Gasteiger partial charge in [-0.1, -0.05) is 6.07 Å². The van der Waals surface area contributed by atoms with Crippen LogP contribution in [0, 0.1) is 11.6 Å². The zero-order valence-electron chi connectivity index (χ0n) is 15.3. The largest absolute Gasteiger partial charge is 0.497 e. The van der Waals surface area contributed by atoms with Gasteiger partial charge in [-0.15, -0.1) is 0 Å². The van der Waals surface area contributed by atoms with Gasteiger partial charge in [0.25, 0.3) is 0 Å². The molecule has 0 aromatic heterocycles. The van der Waals surface area contributed by atoms with Crippen molar-refractivity contribution in [2.75, 3.05) is 26.1 Å². The fourth-order valence-electron chi connectivity index (χ4n) is 2.91. The van der Waals surface area contributed by atoms with Gasteiger partial charge in [-0.3, -0.25) is 9.69 Å². The van der Waals surface area contributed by atoms with Crippen LogP contribution in [0.15, 0.2) is 36.4 Å². The van der Waals surface area contributed by atoms with Crippen molar-refractivity contribution < 1.29 is 23.0 Å². The van der Waals surface area contributed by atoms with Gasteiger partial charge in [-0.25, -0.2) is 8.78 Å². The van der Waals surface area contributed by atoms with E-state index < -0.39 is 11.6 Å². The van der Waals surface area contributed by atoms with E-state index in [0.717, 1.165) is 18.9 Å². The van der Waals surface area contributed by atoms with Crippen LogP contribution in [-0.4, -0.2) is 37.6 Å². The first kappa shape index (κ1) is 19.1. The highest BCUT2D eigenvalue weighted by Crippen LogP contribution is 2.31. The van der Waals surface area contributed by atoms with Crippen LogP contribution in [0.1, 0.15) is 18.4 Å². The van der Waals surface area contributed by atoms with Gasteiger partial charge in [0.15, 0.2) is 0 Å². The summed E-state index contributed by atoms with van der Waals surface area (Å²) in [6.45, 7) is 0.349. The van der Waals surface area contributed by atoms with Gasteiger partial charge in [0, 0.05) is 30.3 Å². The maximum absolute atomic E-state index is 14.0. The summed E-state index contributed by atoms with van der Waals surface area (Å²) in [7, 11) is 3.06. The number of rotatable bonds is 8. The van der Waals surface area contributed by atoms with E-state index in [2.05, 4.69) is 5.32 Å². The Morgan fingerprint density at radius 1 is 1.15 bits per heavy atom. The molecule has 27 heavy (non-hydrogen) atoms. The summed E-state index contributed by atoms with van der Waals surface area (Å²) < 4.78 is 37.5. The number of hydrogen-bond acceptors (Lipinski definition) is 4. The van der Waals surface area contributed by atoms with Crippen molar-refractivity contribution in [3.63, 3.8) is 0 Å². The molecule has 0 atom stereocenters. The molecule has 0 radical (unpaired) electrons. The van der Waals surface area contributed by atoms with Gasteiger partial charge in [0.2, 0.25) is 5.91 Å². The van der Waals surface area contributed by atoms with Crippen LogP contribution in [0.2, 0.25) is 0 Å². The van der Waals surface area contributed by atoms with Crippen LogP contribution in [0.5, 0.6) is 11.5 Å². The number of carbonyl (C=O) groups is 1. The van der Waals surface area contributed by atoms with Crippen LogP contribution in [0.3, 0.4) is 0 Å². The van der Waals surface area contributed by atoms with Crippen LogP contribution in [-0.2, 0) is 11.3 Å². The molecule has 1 N–H and O–H groups in total. The van der Waals surface area contributed by atoms with Crippen LogP contribution in [0.4, 0.5) is 14.5 Å². The number of methoxy groups -OCH3 is 2. The van der Waals surface area contributed by atoms with Gasteiger partial charge >= 0.3 is 0 Å². The summed E-state index contributed by atoms with van der Waals surface area (Å²) in [5, 5.41) is 2.82. The van der Waals surface area contributed by atoms with Crippen LogP contribution >= 0.6 is 0 Å². The second kappa shape index (κ2) is 8.35. The molecule has 0 saturated heterocycles. The summed E-state index contributed by atoms with van der Waals surface area (Å²) in [4.78, 5) is 14.5. The SMILES string of the molecule is COc1ccc(OC)c(NC(=O)CN(Cc2ccc(F)cc2F)C2CC2)c1. The molecular formula is C20H22F2N2O3. The average molecular weight is 376 g/mol. The molecule has 3 rings (SSSR count). The molecule has 2 aromatic carbocycles. The van der Waals surface area contributed by atoms with Crippen molar-refractivity contribution >= 4 is 11.6 Å². The van der Waals surface area contributed by atoms with E-state index in [1.807, 2.05) is 4.90 Å². The normalized spacial score (nSPS) is 13.5. The Labute approximate surface area is 156 Å². The third-order valence-electron chi connectivity index (χ3n) is 4.48. The lowest BCUT2D eigenvalue weighted by Gasteiger charge is -2.22. The molecule has 2 aromatic rings. The lowest BCUT2D eigenvalue weighted by molar-refractivity contribution is -0.117. The minimum Gasteiger partial charge on any atom is -0.497 e. The maximum atomic E-state index is 14.0. The van der Waals surface area contributed by atoms with E-state index in [-0.39, 0.29) is 25.0 Å². The first-order chi connectivity index (χ1) is 13.0. The lowest BCUT2D eigenvalue weighted by atomic mass is 10.2. The molecule has 1 fully saturated rings.